The van der Waals surface area contributed by atoms with Gasteiger partial charge in [-0.3, -0.25) is 0 Å². The molecule has 6 nitrogen and oxygen atoms in total. The molecule has 21 heavy (non-hydrogen) atoms. The second kappa shape index (κ2) is 9.47. The first-order chi connectivity index (χ1) is 10.1. The highest BCUT2D eigenvalue weighted by Gasteiger charge is 2.14. The molecule has 0 aliphatic carbocycles. The first kappa shape index (κ1) is 17.6. The molecule has 0 atom stereocenters. The van der Waals surface area contributed by atoms with Gasteiger partial charge in [-0.05, 0) is 31.2 Å². The predicted molar refractivity (Wildman–Crippen MR) is 78.6 cm³/mol. The largest absolute Gasteiger partial charge is 0.394 e. The van der Waals surface area contributed by atoms with Crippen molar-refractivity contribution in [3.8, 4) is 6.07 Å². The van der Waals surface area contributed by atoms with Gasteiger partial charge in [0, 0.05) is 13.2 Å². The highest BCUT2D eigenvalue weighted by atomic mass is 32.2. The van der Waals surface area contributed by atoms with Crippen LogP contribution in [0.2, 0.25) is 0 Å². The van der Waals surface area contributed by atoms with E-state index in [1.807, 2.05) is 6.07 Å². The summed E-state index contributed by atoms with van der Waals surface area (Å²) in [5.74, 6) is -0.0145. The van der Waals surface area contributed by atoms with Gasteiger partial charge in [-0.1, -0.05) is 6.07 Å². The molecule has 0 aliphatic rings. The van der Waals surface area contributed by atoms with Crippen LogP contribution >= 0.6 is 0 Å². The second-order valence-corrected chi connectivity index (χ2v) is 6.51. The van der Waals surface area contributed by atoms with Crippen LogP contribution in [0.15, 0.2) is 29.2 Å². The fourth-order valence-corrected chi connectivity index (χ4v) is 2.92. The van der Waals surface area contributed by atoms with E-state index in [1.54, 1.807) is 12.1 Å². The maximum absolute atomic E-state index is 12.1. The Morgan fingerprint density at radius 3 is 2.81 bits per heavy atom. The van der Waals surface area contributed by atoms with Gasteiger partial charge in [-0.2, -0.15) is 5.26 Å². The van der Waals surface area contributed by atoms with Gasteiger partial charge in [0.15, 0.2) is 9.84 Å². The summed E-state index contributed by atoms with van der Waals surface area (Å²) in [7, 11) is -3.37. The smallest absolute Gasteiger partial charge is 0.179 e. The van der Waals surface area contributed by atoms with Crippen LogP contribution in [0, 0.1) is 11.3 Å². The number of hydrogen-bond acceptors (Lipinski definition) is 6. The number of aliphatic hydroxyl groups excluding tert-OH is 1. The SMILES string of the molecule is N#Cc1cccc(S(=O)(=O)CCNCCCOCCO)c1. The van der Waals surface area contributed by atoms with Gasteiger partial charge in [-0.15, -0.1) is 0 Å². The van der Waals surface area contributed by atoms with E-state index in [0.29, 0.717) is 31.9 Å². The number of aliphatic hydroxyl groups is 1. The second-order valence-electron chi connectivity index (χ2n) is 4.40. The monoisotopic (exact) mass is 312 g/mol. The molecule has 0 radical (unpaired) electrons. The average molecular weight is 312 g/mol. The Kier molecular flexibility index (Phi) is 7.93. The quantitative estimate of drug-likeness (QED) is 0.604. The summed E-state index contributed by atoms with van der Waals surface area (Å²) in [6, 6.07) is 7.95. The molecule has 0 spiro atoms. The summed E-state index contributed by atoms with van der Waals surface area (Å²) in [5, 5.41) is 20.3. The number of rotatable bonds is 10. The number of benzene rings is 1. The van der Waals surface area contributed by atoms with E-state index in [2.05, 4.69) is 5.32 Å². The summed E-state index contributed by atoms with van der Waals surface area (Å²) in [6.07, 6.45) is 0.754. The van der Waals surface area contributed by atoms with Crippen LogP contribution in [0.5, 0.6) is 0 Å². The summed E-state index contributed by atoms with van der Waals surface area (Å²) in [5.41, 5.74) is 0.338. The van der Waals surface area contributed by atoms with Crippen LogP contribution in [0.1, 0.15) is 12.0 Å². The van der Waals surface area contributed by atoms with Gasteiger partial charge in [0.05, 0.1) is 35.5 Å². The zero-order chi connectivity index (χ0) is 15.6. The molecule has 0 saturated heterocycles. The summed E-state index contributed by atoms with van der Waals surface area (Å²) >= 11 is 0. The van der Waals surface area contributed by atoms with E-state index >= 15 is 0 Å². The third-order valence-electron chi connectivity index (χ3n) is 2.75. The molecule has 0 unspecified atom stereocenters. The summed E-state index contributed by atoms with van der Waals surface area (Å²) in [4.78, 5) is 0.176. The summed E-state index contributed by atoms with van der Waals surface area (Å²) < 4.78 is 29.2. The first-order valence-corrected chi connectivity index (χ1v) is 8.37. The number of sulfone groups is 1. The molecule has 0 bridgehead atoms. The van der Waals surface area contributed by atoms with Crippen molar-refractivity contribution in [3.05, 3.63) is 29.8 Å². The van der Waals surface area contributed by atoms with Crippen molar-refractivity contribution in [1.29, 1.82) is 5.26 Å². The minimum absolute atomic E-state index is 0.00737. The van der Waals surface area contributed by atoms with Crippen LogP contribution in [-0.4, -0.2) is 52.2 Å². The fourth-order valence-electron chi connectivity index (χ4n) is 1.67. The molecule has 0 aromatic heterocycles. The number of ether oxygens (including phenoxy) is 1. The Bertz CT molecular complexity index is 567. The topological polar surface area (TPSA) is 99.4 Å². The minimum Gasteiger partial charge on any atom is -0.394 e. The van der Waals surface area contributed by atoms with Crippen molar-refractivity contribution in [1.82, 2.24) is 5.32 Å². The lowest BCUT2D eigenvalue weighted by atomic mass is 10.2. The number of nitriles is 1. The van der Waals surface area contributed by atoms with Gasteiger partial charge in [0.2, 0.25) is 0 Å². The van der Waals surface area contributed by atoms with Gasteiger partial charge in [0.25, 0.3) is 0 Å². The van der Waals surface area contributed by atoms with Crippen molar-refractivity contribution < 1.29 is 18.3 Å². The van der Waals surface area contributed by atoms with Crippen LogP contribution in [0.4, 0.5) is 0 Å². The van der Waals surface area contributed by atoms with Crippen molar-refractivity contribution in [2.75, 3.05) is 38.7 Å². The van der Waals surface area contributed by atoms with E-state index in [-0.39, 0.29) is 17.3 Å². The summed E-state index contributed by atoms with van der Waals surface area (Å²) in [6.45, 7) is 1.86. The highest BCUT2D eigenvalue weighted by Crippen LogP contribution is 2.12. The van der Waals surface area contributed by atoms with Gasteiger partial charge in [-0.25, -0.2) is 8.42 Å². The van der Waals surface area contributed by atoms with E-state index < -0.39 is 9.84 Å². The van der Waals surface area contributed by atoms with Crippen LogP contribution in [-0.2, 0) is 14.6 Å². The van der Waals surface area contributed by atoms with Gasteiger partial charge >= 0.3 is 0 Å². The Balaban J connectivity index is 2.32. The third kappa shape index (κ3) is 6.69. The molecule has 0 amide bonds. The highest BCUT2D eigenvalue weighted by molar-refractivity contribution is 7.91. The van der Waals surface area contributed by atoms with Gasteiger partial charge < -0.3 is 15.2 Å². The molecule has 1 aromatic rings. The zero-order valence-corrected chi connectivity index (χ0v) is 12.6. The van der Waals surface area contributed by atoms with Crippen molar-refractivity contribution >= 4 is 9.84 Å². The lowest BCUT2D eigenvalue weighted by molar-refractivity contribution is 0.0908. The van der Waals surface area contributed by atoms with Crippen molar-refractivity contribution in [2.45, 2.75) is 11.3 Å². The molecule has 1 aromatic carbocycles. The van der Waals surface area contributed by atoms with Crippen molar-refractivity contribution in [2.24, 2.45) is 0 Å². The molecule has 7 heteroatoms. The molecule has 1 rings (SSSR count). The molecule has 0 heterocycles. The Morgan fingerprint density at radius 1 is 1.29 bits per heavy atom. The zero-order valence-electron chi connectivity index (χ0n) is 11.8. The van der Waals surface area contributed by atoms with Crippen LogP contribution < -0.4 is 5.32 Å². The minimum atomic E-state index is -3.37. The van der Waals surface area contributed by atoms with Gasteiger partial charge in [0.1, 0.15) is 0 Å². The Hall–Kier alpha value is -1.46. The molecule has 0 aliphatic heterocycles. The molecular formula is C14H20N2O4S. The predicted octanol–water partition coefficient (Wildman–Crippen LogP) is 0.321. The number of hydrogen-bond donors (Lipinski definition) is 2. The standard InChI is InChI=1S/C14H20N2O4S/c15-12-13-3-1-4-14(11-13)21(18,19)10-6-16-5-2-8-20-9-7-17/h1,3-4,11,16-17H,2,5-10H2. The Labute approximate surface area is 125 Å². The molecule has 0 fully saturated rings. The average Bonchev–Trinajstić information content (AvgIpc) is 2.50. The van der Waals surface area contributed by atoms with E-state index in [0.717, 1.165) is 6.42 Å². The van der Waals surface area contributed by atoms with E-state index in [1.165, 1.54) is 12.1 Å². The Morgan fingerprint density at radius 2 is 2.10 bits per heavy atom. The molecule has 2 N–H and O–H groups in total. The van der Waals surface area contributed by atoms with Crippen molar-refractivity contribution in [3.63, 3.8) is 0 Å². The maximum Gasteiger partial charge on any atom is 0.179 e. The lowest BCUT2D eigenvalue weighted by Crippen LogP contribution is -2.24. The van der Waals surface area contributed by atoms with Crippen LogP contribution in [0.3, 0.4) is 0 Å². The molecular weight excluding hydrogens is 292 g/mol. The third-order valence-corrected chi connectivity index (χ3v) is 4.46. The molecule has 0 saturated carbocycles. The fraction of sp³-hybridized carbons (Fsp3) is 0.500. The normalized spacial score (nSPS) is 11.2. The number of nitrogens with zero attached hydrogens (tertiary/aromatic N) is 1. The van der Waals surface area contributed by atoms with E-state index in [9.17, 15) is 8.42 Å². The first-order valence-electron chi connectivity index (χ1n) is 6.72. The molecule has 116 valence electrons. The van der Waals surface area contributed by atoms with E-state index in [4.69, 9.17) is 15.1 Å². The maximum atomic E-state index is 12.1. The van der Waals surface area contributed by atoms with Crippen LogP contribution in [0.25, 0.3) is 0 Å². The lowest BCUT2D eigenvalue weighted by Gasteiger charge is -2.07. The number of nitrogens with one attached hydrogen (secondary N) is 1.